The Kier molecular flexibility index (Phi) is 1.43. The van der Waals surface area contributed by atoms with Crippen LogP contribution in [0.1, 0.15) is 26.7 Å². The van der Waals surface area contributed by atoms with Crippen molar-refractivity contribution in [3.8, 4) is 0 Å². The number of hydrogen-bond donors (Lipinski definition) is 0. The van der Waals surface area contributed by atoms with Crippen LogP contribution >= 0.6 is 0 Å². The molecule has 0 saturated carbocycles. The molecule has 0 bridgehead atoms. The van der Waals surface area contributed by atoms with Gasteiger partial charge in [0.25, 0.3) is 0 Å². The fourth-order valence-electron chi connectivity index (χ4n) is 1.05. The highest BCUT2D eigenvalue weighted by molar-refractivity contribution is 5.92. The third-order valence-electron chi connectivity index (χ3n) is 2.06. The predicted molar refractivity (Wildman–Crippen MR) is 37.2 cm³/mol. The van der Waals surface area contributed by atoms with Crippen LogP contribution in [-0.4, -0.2) is 5.78 Å². The summed E-state index contributed by atoms with van der Waals surface area (Å²) in [7, 11) is 0. The monoisotopic (exact) mass is 124 g/mol. The van der Waals surface area contributed by atoms with E-state index in [0.717, 1.165) is 6.42 Å². The molecule has 0 aromatic carbocycles. The molecule has 0 N–H and O–H groups in total. The molecule has 1 aliphatic rings. The van der Waals surface area contributed by atoms with Gasteiger partial charge < -0.3 is 0 Å². The second kappa shape index (κ2) is 1.98. The Labute approximate surface area is 55.8 Å². The topological polar surface area (TPSA) is 17.1 Å². The summed E-state index contributed by atoms with van der Waals surface area (Å²) >= 11 is 0. The largest absolute Gasteiger partial charge is 0.295 e. The third-order valence-corrected chi connectivity index (χ3v) is 2.06. The lowest BCUT2D eigenvalue weighted by Crippen LogP contribution is -2.09. The van der Waals surface area contributed by atoms with Crippen molar-refractivity contribution in [2.24, 2.45) is 5.41 Å². The maximum Gasteiger partial charge on any atom is 0.156 e. The summed E-state index contributed by atoms with van der Waals surface area (Å²) in [5, 5.41) is 0. The number of carbonyl (C=O) groups excluding carboxylic acids is 1. The number of rotatable bonds is 1. The van der Waals surface area contributed by atoms with Gasteiger partial charge in [-0.1, -0.05) is 19.9 Å². The quantitative estimate of drug-likeness (QED) is 0.522. The molecule has 1 atom stereocenters. The molecule has 9 heavy (non-hydrogen) atoms. The lowest BCUT2D eigenvalue weighted by Gasteiger charge is -2.16. The summed E-state index contributed by atoms with van der Waals surface area (Å²) in [6, 6.07) is 0. The van der Waals surface area contributed by atoms with E-state index in [1.807, 2.05) is 6.08 Å². The highest BCUT2D eigenvalue weighted by atomic mass is 16.1. The Morgan fingerprint density at radius 1 is 1.78 bits per heavy atom. The Hall–Kier alpha value is -0.590. The molecule has 50 valence electrons. The Morgan fingerprint density at radius 3 is 2.67 bits per heavy atom. The molecule has 0 amide bonds. The molecule has 0 spiro atoms. The first-order chi connectivity index (χ1) is 4.16. The molecular weight excluding hydrogens is 112 g/mol. The van der Waals surface area contributed by atoms with Gasteiger partial charge in [-0.3, -0.25) is 4.79 Å². The van der Waals surface area contributed by atoms with Crippen molar-refractivity contribution in [2.45, 2.75) is 26.7 Å². The maximum absolute atomic E-state index is 10.7. The minimum Gasteiger partial charge on any atom is -0.295 e. The van der Waals surface area contributed by atoms with Gasteiger partial charge in [0, 0.05) is 6.42 Å². The number of allylic oxidation sites excluding steroid dienone is 2. The van der Waals surface area contributed by atoms with E-state index in [1.54, 1.807) is 6.08 Å². The fourth-order valence-corrected chi connectivity index (χ4v) is 1.05. The average molecular weight is 124 g/mol. The standard InChI is InChI=1S/C8H12O/c1-3-8(2)5-4-7(9)6-8/h4-5H,3,6H2,1-2H3. The van der Waals surface area contributed by atoms with Gasteiger partial charge in [0.1, 0.15) is 0 Å². The summed E-state index contributed by atoms with van der Waals surface area (Å²) in [5.74, 6) is 0.277. The van der Waals surface area contributed by atoms with E-state index in [9.17, 15) is 4.79 Å². The van der Waals surface area contributed by atoms with Crippen LogP contribution in [0.2, 0.25) is 0 Å². The molecule has 0 aromatic rings. The van der Waals surface area contributed by atoms with Crippen LogP contribution in [0.15, 0.2) is 12.2 Å². The highest BCUT2D eigenvalue weighted by Crippen LogP contribution is 2.32. The maximum atomic E-state index is 10.7. The van der Waals surface area contributed by atoms with Crippen molar-refractivity contribution in [3.05, 3.63) is 12.2 Å². The minimum atomic E-state index is 0.178. The van der Waals surface area contributed by atoms with Crippen molar-refractivity contribution in [3.63, 3.8) is 0 Å². The van der Waals surface area contributed by atoms with Crippen LogP contribution < -0.4 is 0 Å². The van der Waals surface area contributed by atoms with E-state index in [2.05, 4.69) is 13.8 Å². The van der Waals surface area contributed by atoms with Gasteiger partial charge in [0.2, 0.25) is 0 Å². The van der Waals surface area contributed by atoms with Gasteiger partial charge in [-0.2, -0.15) is 0 Å². The SMILES string of the molecule is CCC1(C)C=CC(=O)C1. The lowest BCUT2D eigenvalue weighted by molar-refractivity contribution is -0.115. The zero-order chi connectivity index (χ0) is 6.91. The smallest absolute Gasteiger partial charge is 0.156 e. The van der Waals surface area contributed by atoms with Gasteiger partial charge in [0.05, 0.1) is 0 Å². The molecular formula is C8H12O. The van der Waals surface area contributed by atoms with Crippen molar-refractivity contribution in [1.29, 1.82) is 0 Å². The molecule has 0 fully saturated rings. The van der Waals surface area contributed by atoms with E-state index in [1.165, 1.54) is 0 Å². The Balaban J connectivity index is 2.68. The summed E-state index contributed by atoms with van der Waals surface area (Å²) in [5.41, 5.74) is 0.178. The molecule has 1 nitrogen and oxygen atoms in total. The molecule has 0 heterocycles. The van der Waals surface area contributed by atoms with Gasteiger partial charge in [-0.25, -0.2) is 0 Å². The van der Waals surface area contributed by atoms with Gasteiger partial charge in [-0.15, -0.1) is 0 Å². The van der Waals surface area contributed by atoms with Crippen LogP contribution in [0.4, 0.5) is 0 Å². The summed E-state index contributed by atoms with van der Waals surface area (Å²) in [6.07, 6.45) is 5.50. The average Bonchev–Trinajstić information content (AvgIpc) is 2.13. The van der Waals surface area contributed by atoms with E-state index >= 15 is 0 Å². The van der Waals surface area contributed by atoms with Crippen LogP contribution in [-0.2, 0) is 4.79 Å². The van der Waals surface area contributed by atoms with Gasteiger partial charge >= 0.3 is 0 Å². The zero-order valence-electron chi connectivity index (χ0n) is 5.98. The van der Waals surface area contributed by atoms with Crippen molar-refractivity contribution in [1.82, 2.24) is 0 Å². The van der Waals surface area contributed by atoms with E-state index in [-0.39, 0.29) is 11.2 Å². The first-order valence-corrected chi connectivity index (χ1v) is 3.38. The predicted octanol–water partition coefficient (Wildman–Crippen LogP) is 1.93. The second-order valence-corrected chi connectivity index (χ2v) is 2.98. The third kappa shape index (κ3) is 1.21. The molecule has 1 unspecified atom stereocenters. The minimum absolute atomic E-state index is 0.178. The molecule has 0 radical (unpaired) electrons. The summed E-state index contributed by atoms with van der Waals surface area (Å²) in [6.45, 7) is 4.23. The Morgan fingerprint density at radius 2 is 2.44 bits per heavy atom. The van der Waals surface area contributed by atoms with E-state index in [4.69, 9.17) is 0 Å². The number of ketones is 1. The zero-order valence-corrected chi connectivity index (χ0v) is 5.98. The molecule has 0 aliphatic heterocycles. The van der Waals surface area contributed by atoms with Crippen LogP contribution in [0.5, 0.6) is 0 Å². The van der Waals surface area contributed by atoms with Crippen LogP contribution in [0.25, 0.3) is 0 Å². The number of hydrogen-bond acceptors (Lipinski definition) is 1. The molecule has 1 aliphatic carbocycles. The molecule has 1 heteroatoms. The lowest BCUT2D eigenvalue weighted by atomic mass is 9.87. The van der Waals surface area contributed by atoms with E-state index in [0.29, 0.717) is 6.42 Å². The Bertz CT molecular complexity index is 158. The van der Waals surface area contributed by atoms with Gasteiger partial charge in [-0.05, 0) is 17.9 Å². The van der Waals surface area contributed by atoms with E-state index < -0.39 is 0 Å². The first kappa shape index (κ1) is 6.53. The van der Waals surface area contributed by atoms with Crippen molar-refractivity contribution in [2.75, 3.05) is 0 Å². The summed E-state index contributed by atoms with van der Waals surface area (Å²) < 4.78 is 0. The summed E-state index contributed by atoms with van der Waals surface area (Å²) in [4.78, 5) is 10.7. The van der Waals surface area contributed by atoms with Crippen molar-refractivity contribution < 1.29 is 4.79 Å². The second-order valence-electron chi connectivity index (χ2n) is 2.98. The van der Waals surface area contributed by atoms with Crippen LogP contribution in [0.3, 0.4) is 0 Å². The highest BCUT2D eigenvalue weighted by Gasteiger charge is 2.26. The molecule has 0 aromatic heterocycles. The normalized spacial score (nSPS) is 33.8. The first-order valence-electron chi connectivity index (χ1n) is 3.38. The number of carbonyl (C=O) groups is 1. The fraction of sp³-hybridized carbons (Fsp3) is 0.625. The van der Waals surface area contributed by atoms with Gasteiger partial charge in [0.15, 0.2) is 5.78 Å². The van der Waals surface area contributed by atoms with Crippen molar-refractivity contribution >= 4 is 5.78 Å². The molecule has 0 saturated heterocycles. The molecule has 1 rings (SSSR count). The van der Waals surface area contributed by atoms with Crippen LogP contribution in [0, 0.1) is 5.41 Å².